The molecule has 30 heavy (non-hydrogen) atoms. The summed E-state index contributed by atoms with van der Waals surface area (Å²) >= 11 is 0. The molecule has 1 N–H and O–H groups in total. The topological polar surface area (TPSA) is 84.9 Å². The summed E-state index contributed by atoms with van der Waals surface area (Å²) in [5.74, 6) is -0.708. The average molecular weight is 410 g/mol. The third-order valence-electron chi connectivity index (χ3n) is 4.08. The van der Waals surface area contributed by atoms with Crippen molar-refractivity contribution < 1.29 is 23.9 Å². The van der Waals surface area contributed by atoms with Gasteiger partial charge in [0.25, 0.3) is 5.91 Å². The molecular formula is C23H26N2O5. The Labute approximate surface area is 176 Å². The average Bonchev–Trinajstić information content (AvgIpc) is 2.73. The van der Waals surface area contributed by atoms with Crippen LogP contribution in [-0.4, -0.2) is 49.5 Å². The third-order valence-corrected chi connectivity index (χ3v) is 4.08. The highest BCUT2D eigenvalue weighted by atomic mass is 16.5. The van der Waals surface area contributed by atoms with Crippen LogP contribution in [0, 0.1) is 6.92 Å². The van der Waals surface area contributed by atoms with Gasteiger partial charge in [-0.3, -0.25) is 9.59 Å². The van der Waals surface area contributed by atoms with Crippen molar-refractivity contribution in [1.82, 2.24) is 4.90 Å². The second-order valence-corrected chi connectivity index (χ2v) is 6.61. The molecule has 0 fully saturated rings. The number of nitrogens with one attached hydrogen (secondary N) is 1. The maximum atomic E-state index is 12.1. The maximum Gasteiger partial charge on any atom is 0.331 e. The van der Waals surface area contributed by atoms with E-state index in [1.54, 1.807) is 42.5 Å². The summed E-state index contributed by atoms with van der Waals surface area (Å²) in [6.07, 6.45) is 2.83. The van der Waals surface area contributed by atoms with Crippen molar-refractivity contribution in [2.24, 2.45) is 0 Å². The molecule has 2 aromatic rings. The molecule has 0 saturated heterocycles. The lowest BCUT2D eigenvalue weighted by Crippen LogP contribution is -2.37. The number of benzene rings is 2. The highest BCUT2D eigenvalue weighted by Gasteiger charge is 2.14. The Morgan fingerprint density at radius 3 is 2.33 bits per heavy atom. The monoisotopic (exact) mass is 410 g/mol. The minimum atomic E-state index is -0.644. The number of nitrogens with zero attached hydrogens (tertiary/aromatic N) is 1. The first-order valence-corrected chi connectivity index (χ1v) is 9.55. The van der Waals surface area contributed by atoms with Crippen LogP contribution in [0.3, 0.4) is 0 Å². The Morgan fingerprint density at radius 1 is 1.03 bits per heavy atom. The predicted molar refractivity (Wildman–Crippen MR) is 115 cm³/mol. The molecule has 0 heterocycles. The zero-order valence-corrected chi connectivity index (χ0v) is 17.4. The lowest BCUT2D eigenvalue weighted by atomic mass is 10.2. The number of likely N-dealkylation sites (N-methyl/N-ethyl adjacent to an activating group) is 1. The van der Waals surface area contributed by atoms with Crippen LogP contribution >= 0.6 is 0 Å². The van der Waals surface area contributed by atoms with Gasteiger partial charge in [-0.05, 0) is 49.8 Å². The van der Waals surface area contributed by atoms with Crippen LogP contribution < -0.4 is 10.1 Å². The second kappa shape index (κ2) is 11.4. The van der Waals surface area contributed by atoms with E-state index < -0.39 is 18.5 Å². The molecule has 0 bridgehead atoms. The van der Waals surface area contributed by atoms with E-state index in [-0.39, 0.29) is 12.5 Å². The Morgan fingerprint density at radius 2 is 1.70 bits per heavy atom. The van der Waals surface area contributed by atoms with Crippen molar-refractivity contribution in [3.05, 3.63) is 65.7 Å². The van der Waals surface area contributed by atoms with Gasteiger partial charge in [0, 0.05) is 18.8 Å². The molecule has 0 aromatic heterocycles. The third kappa shape index (κ3) is 7.79. The van der Waals surface area contributed by atoms with E-state index in [9.17, 15) is 14.4 Å². The van der Waals surface area contributed by atoms with Crippen molar-refractivity contribution in [3.63, 3.8) is 0 Å². The molecular weight excluding hydrogens is 384 g/mol. The van der Waals surface area contributed by atoms with Crippen molar-refractivity contribution in [3.8, 4) is 5.75 Å². The molecule has 0 spiro atoms. The summed E-state index contributed by atoms with van der Waals surface area (Å²) in [5, 5.41) is 2.71. The molecule has 0 aliphatic heterocycles. The smallest absolute Gasteiger partial charge is 0.331 e. The number of carbonyl (C=O) groups excluding carboxylic acids is 3. The van der Waals surface area contributed by atoms with Crippen molar-refractivity contribution in [1.29, 1.82) is 0 Å². The first-order chi connectivity index (χ1) is 14.4. The van der Waals surface area contributed by atoms with Crippen molar-refractivity contribution in [2.45, 2.75) is 13.8 Å². The fourth-order valence-corrected chi connectivity index (χ4v) is 2.44. The molecule has 2 rings (SSSR count). The van der Waals surface area contributed by atoms with E-state index in [4.69, 9.17) is 9.47 Å². The van der Waals surface area contributed by atoms with E-state index in [2.05, 4.69) is 5.32 Å². The maximum absolute atomic E-state index is 12.1. The lowest BCUT2D eigenvalue weighted by molar-refractivity contribution is -0.148. The van der Waals surface area contributed by atoms with Gasteiger partial charge in [0.15, 0.2) is 6.61 Å². The Kier molecular flexibility index (Phi) is 8.62. The summed E-state index contributed by atoms with van der Waals surface area (Å²) < 4.78 is 10.3. The van der Waals surface area contributed by atoms with Crippen LogP contribution in [0.4, 0.5) is 5.69 Å². The number of carbonyl (C=O) groups is 3. The standard InChI is InChI=1S/C23H26N2O5/c1-4-29-20-12-7-18(8-13-20)9-14-23(28)30-16-22(27)25(3)15-21(26)24-19-10-5-17(2)6-11-19/h5-14H,4,15-16H2,1-3H3,(H,24,26)/b14-9+. The molecule has 2 aromatic carbocycles. The lowest BCUT2D eigenvalue weighted by Gasteiger charge is -2.16. The summed E-state index contributed by atoms with van der Waals surface area (Å²) in [6, 6.07) is 14.5. The number of rotatable bonds is 9. The number of anilines is 1. The minimum Gasteiger partial charge on any atom is -0.494 e. The number of hydrogen-bond donors (Lipinski definition) is 1. The highest BCUT2D eigenvalue weighted by Crippen LogP contribution is 2.13. The van der Waals surface area contributed by atoms with Crippen LogP contribution in [0.2, 0.25) is 0 Å². The van der Waals surface area contributed by atoms with Crippen LogP contribution in [0.1, 0.15) is 18.1 Å². The molecule has 158 valence electrons. The SMILES string of the molecule is CCOc1ccc(/C=C/C(=O)OCC(=O)N(C)CC(=O)Nc2ccc(C)cc2)cc1. The van der Waals surface area contributed by atoms with Gasteiger partial charge >= 0.3 is 5.97 Å². The molecule has 0 saturated carbocycles. The fourth-order valence-electron chi connectivity index (χ4n) is 2.44. The molecule has 7 heteroatoms. The van der Waals surface area contributed by atoms with E-state index in [0.29, 0.717) is 12.3 Å². The molecule has 0 aliphatic rings. The summed E-state index contributed by atoms with van der Waals surface area (Å²) in [5.41, 5.74) is 2.53. The normalized spacial score (nSPS) is 10.5. The van der Waals surface area contributed by atoms with Gasteiger partial charge in [0.05, 0.1) is 13.2 Å². The van der Waals surface area contributed by atoms with Crippen LogP contribution in [0.5, 0.6) is 5.75 Å². The van der Waals surface area contributed by atoms with Crippen LogP contribution in [-0.2, 0) is 19.1 Å². The number of aryl methyl sites for hydroxylation is 1. The highest BCUT2D eigenvalue weighted by molar-refractivity contribution is 5.95. The van der Waals surface area contributed by atoms with Crippen LogP contribution in [0.25, 0.3) is 6.08 Å². The van der Waals surface area contributed by atoms with Crippen LogP contribution in [0.15, 0.2) is 54.6 Å². The van der Waals surface area contributed by atoms with Crippen molar-refractivity contribution in [2.75, 3.05) is 32.1 Å². The van der Waals surface area contributed by atoms with Gasteiger partial charge in [-0.1, -0.05) is 29.8 Å². The largest absolute Gasteiger partial charge is 0.494 e. The summed E-state index contributed by atoms with van der Waals surface area (Å²) in [7, 11) is 1.47. The zero-order chi connectivity index (χ0) is 21.9. The number of esters is 1. The van der Waals surface area contributed by atoms with E-state index in [1.807, 2.05) is 26.0 Å². The molecule has 7 nitrogen and oxygen atoms in total. The first-order valence-electron chi connectivity index (χ1n) is 9.55. The predicted octanol–water partition coefficient (Wildman–Crippen LogP) is 3.05. The van der Waals surface area contributed by atoms with Gasteiger partial charge in [-0.2, -0.15) is 0 Å². The Hall–Kier alpha value is -3.61. The fraction of sp³-hybridized carbons (Fsp3) is 0.261. The van der Waals surface area contributed by atoms with Gasteiger partial charge in [-0.15, -0.1) is 0 Å². The molecule has 2 amide bonds. The minimum absolute atomic E-state index is 0.147. The zero-order valence-electron chi connectivity index (χ0n) is 17.4. The number of ether oxygens (including phenoxy) is 2. The summed E-state index contributed by atoms with van der Waals surface area (Å²) in [4.78, 5) is 37.1. The van der Waals surface area contributed by atoms with E-state index >= 15 is 0 Å². The van der Waals surface area contributed by atoms with E-state index in [1.165, 1.54) is 18.0 Å². The van der Waals surface area contributed by atoms with Gasteiger partial charge in [-0.25, -0.2) is 4.79 Å². The number of amides is 2. The summed E-state index contributed by atoms with van der Waals surface area (Å²) in [6.45, 7) is 3.84. The number of hydrogen-bond acceptors (Lipinski definition) is 5. The van der Waals surface area contributed by atoms with Gasteiger partial charge in [0.1, 0.15) is 5.75 Å². The van der Waals surface area contributed by atoms with Gasteiger partial charge in [0.2, 0.25) is 5.91 Å². The Bertz CT molecular complexity index is 889. The molecule has 0 unspecified atom stereocenters. The van der Waals surface area contributed by atoms with Crippen molar-refractivity contribution >= 4 is 29.5 Å². The molecule has 0 radical (unpaired) electrons. The van der Waals surface area contributed by atoms with E-state index in [0.717, 1.165) is 16.9 Å². The first kappa shape index (κ1) is 22.7. The second-order valence-electron chi connectivity index (χ2n) is 6.61. The van der Waals surface area contributed by atoms with Gasteiger partial charge < -0.3 is 19.7 Å². The molecule has 0 atom stereocenters. The Balaban J connectivity index is 1.74. The quantitative estimate of drug-likeness (QED) is 0.507. The molecule has 0 aliphatic carbocycles.